The van der Waals surface area contributed by atoms with Gasteiger partial charge in [-0.15, -0.1) is 11.6 Å². The minimum Gasteiger partial charge on any atom is -0.480 e. The lowest BCUT2D eigenvalue weighted by atomic mass is 10.2. The molecule has 226 valence electrons. The molecule has 0 atom stereocenters. The number of halogens is 4. The number of ether oxygens (including phenoxy) is 2. The average Bonchev–Trinajstić information content (AvgIpc) is 2.95. The molecule has 0 spiro atoms. The lowest BCUT2D eigenvalue weighted by Gasteiger charge is -1.99. The van der Waals surface area contributed by atoms with E-state index in [1.165, 1.54) is 0 Å². The van der Waals surface area contributed by atoms with E-state index < -0.39 is 26.4 Å². The third kappa shape index (κ3) is 33.6. The van der Waals surface area contributed by atoms with E-state index in [4.69, 9.17) is 52.2 Å². The van der Waals surface area contributed by atoms with Gasteiger partial charge in [0.25, 0.3) is 0 Å². The minimum absolute atomic E-state index is 0.0313. The first-order chi connectivity index (χ1) is 19.5. The topological polar surface area (TPSA) is 147 Å². The number of carboxylic acids is 2. The standard InChI is InChI=1S/C9H9ClO2.C9H10O3.C7H8O.C2H3ClO2.Cl2OS/c2*10-9(11)7-12-6-8-4-2-1-3-5-8;8-6-7-4-2-1-3-5-7;3-1-2(4)5;1-4(2)3/h1-5H,6-7H2;1-5H,6-7H2,(H,10,11);1-5,8H,6H2;1H2,(H,4,5);. The van der Waals surface area contributed by atoms with Crippen LogP contribution in [0.2, 0.25) is 0 Å². The zero-order chi connectivity index (χ0) is 31.3. The second kappa shape index (κ2) is 29.0. The van der Waals surface area contributed by atoms with Gasteiger partial charge in [-0.1, -0.05) is 91.0 Å². The maximum absolute atomic E-state index is 10.3. The summed E-state index contributed by atoms with van der Waals surface area (Å²) >= 11 is 9.82. The molecule has 3 aromatic carbocycles. The van der Waals surface area contributed by atoms with Crippen molar-refractivity contribution in [3.63, 3.8) is 0 Å². The van der Waals surface area contributed by atoms with Crippen molar-refractivity contribution in [1.29, 1.82) is 0 Å². The van der Waals surface area contributed by atoms with E-state index in [9.17, 15) is 14.4 Å². The Morgan fingerprint density at radius 2 is 0.976 bits per heavy atom. The summed E-state index contributed by atoms with van der Waals surface area (Å²) in [5.74, 6) is -2.22. The number of carbonyl (C=O) groups is 3. The fourth-order valence-corrected chi connectivity index (χ4v) is 2.31. The van der Waals surface area contributed by atoms with Gasteiger partial charge in [0.1, 0.15) is 19.1 Å². The van der Waals surface area contributed by atoms with Gasteiger partial charge in [0.2, 0.25) is 14.5 Å². The lowest BCUT2D eigenvalue weighted by molar-refractivity contribution is -0.142. The Bertz CT molecular complexity index is 1030. The molecule has 0 saturated heterocycles. The molecule has 3 N–H and O–H groups in total. The molecule has 3 rings (SSSR count). The van der Waals surface area contributed by atoms with Crippen LogP contribution in [0.4, 0.5) is 0 Å². The van der Waals surface area contributed by atoms with Crippen LogP contribution in [0.5, 0.6) is 0 Å². The van der Waals surface area contributed by atoms with Crippen molar-refractivity contribution in [2.45, 2.75) is 19.8 Å². The van der Waals surface area contributed by atoms with Gasteiger partial charge in [0.15, 0.2) is 0 Å². The highest BCUT2D eigenvalue weighted by molar-refractivity contribution is 8.26. The van der Waals surface area contributed by atoms with Crippen LogP contribution in [0.1, 0.15) is 16.7 Å². The number of aliphatic hydroxyl groups excluding tert-OH is 1. The quantitative estimate of drug-likeness (QED) is 0.180. The van der Waals surface area contributed by atoms with E-state index in [1.54, 1.807) is 0 Å². The highest BCUT2D eigenvalue weighted by Crippen LogP contribution is 2.01. The molecule has 9 nitrogen and oxygen atoms in total. The average molecular weight is 672 g/mol. The van der Waals surface area contributed by atoms with Crippen LogP contribution in [0.15, 0.2) is 91.0 Å². The number of carboxylic acid groups (broad SMARTS) is 2. The van der Waals surface area contributed by atoms with E-state index in [2.05, 4.69) is 21.4 Å². The Hall–Kier alpha value is -2.54. The molecular formula is C27H30Cl4O9S. The second-order valence-corrected chi connectivity index (χ2v) is 10.3. The predicted molar refractivity (Wildman–Crippen MR) is 161 cm³/mol. The smallest absolute Gasteiger partial charge is 0.329 e. The van der Waals surface area contributed by atoms with Crippen LogP contribution in [0, 0.1) is 0 Å². The maximum Gasteiger partial charge on any atom is 0.329 e. The van der Waals surface area contributed by atoms with Crippen molar-refractivity contribution in [2.75, 3.05) is 19.1 Å². The Labute approximate surface area is 260 Å². The predicted octanol–water partition coefficient (Wildman–Crippen LogP) is 5.79. The maximum atomic E-state index is 10.3. The number of aliphatic carboxylic acids is 2. The Kier molecular flexibility index (Phi) is 28.7. The van der Waals surface area contributed by atoms with E-state index in [0.29, 0.717) is 13.2 Å². The summed E-state index contributed by atoms with van der Waals surface area (Å²) in [6.45, 7) is 0.651. The number of rotatable bonds is 10. The first-order valence-corrected chi connectivity index (χ1v) is 15.0. The normalized spacial score (nSPS) is 9.22. The molecule has 0 unspecified atom stereocenters. The van der Waals surface area contributed by atoms with Gasteiger partial charge in [-0.3, -0.25) is 9.59 Å². The largest absolute Gasteiger partial charge is 0.480 e. The monoisotopic (exact) mass is 670 g/mol. The van der Waals surface area contributed by atoms with Crippen molar-refractivity contribution in [3.8, 4) is 0 Å². The van der Waals surface area contributed by atoms with Crippen LogP contribution < -0.4 is 0 Å². The number of carbonyl (C=O) groups excluding carboxylic acids is 1. The molecule has 0 bridgehead atoms. The molecule has 0 amide bonds. The molecule has 41 heavy (non-hydrogen) atoms. The van der Waals surface area contributed by atoms with E-state index in [1.807, 2.05) is 91.0 Å². The molecule has 0 aromatic heterocycles. The summed E-state index contributed by atoms with van der Waals surface area (Å²) in [6, 6.07) is 28.6. The molecule has 14 heteroatoms. The third-order valence-corrected chi connectivity index (χ3v) is 4.14. The number of hydrogen-bond acceptors (Lipinski definition) is 7. The summed E-state index contributed by atoms with van der Waals surface area (Å²) in [5, 5.41) is 23.9. The molecule has 0 saturated carbocycles. The van der Waals surface area contributed by atoms with E-state index in [-0.39, 0.29) is 25.7 Å². The van der Waals surface area contributed by atoms with Crippen LogP contribution in [0.3, 0.4) is 0 Å². The van der Waals surface area contributed by atoms with Crippen molar-refractivity contribution in [2.24, 2.45) is 0 Å². The highest BCUT2D eigenvalue weighted by atomic mass is 36.0. The summed E-state index contributed by atoms with van der Waals surface area (Å²) in [7, 11) is 7.36. The Morgan fingerprint density at radius 1 is 0.659 bits per heavy atom. The van der Waals surface area contributed by atoms with Crippen molar-refractivity contribution < 1.29 is 43.4 Å². The van der Waals surface area contributed by atoms with Crippen LogP contribution in [0.25, 0.3) is 0 Å². The zero-order valence-electron chi connectivity index (χ0n) is 21.6. The van der Waals surface area contributed by atoms with Gasteiger partial charge >= 0.3 is 11.9 Å². The Balaban J connectivity index is 0. The summed E-state index contributed by atoms with van der Waals surface area (Å²) < 4.78 is 19.0. The first-order valence-electron chi connectivity index (χ1n) is 11.3. The van der Waals surface area contributed by atoms with Gasteiger partial charge in [-0.2, -0.15) is 0 Å². The SMILES string of the molecule is O=C(Cl)COCc1ccccc1.O=C(O)CCl.O=C(O)COCc1ccccc1.O=S(Cl)Cl.OCc1ccccc1. The molecule has 0 aliphatic rings. The van der Waals surface area contributed by atoms with Gasteiger partial charge in [0.05, 0.1) is 19.8 Å². The summed E-state index contributed by atoms with van der Waals surface area (Å²) in [5.41, 5.74) is 2.99. The van der Waals surface area contributed by atoms with E-state index in [0.717, 1.165) is 16.7 Å². The second-order valence-electron chi connectivity index (χ2n) is 7.06. The third-order valence-electron chi connectivity index (χ3n) is 3.80. The van der Waals surface area contributed by atoms with Gasteiger partial charge in [-0.05, 0) is 28.3 Å². The van der Waals surface area contributed by atoms with Gasteiger partial charge < -0.3 is 24.8 Å². The van der Waals surface area contributed by atoms with Crippen molar-refractivity contribution >= 4 is 71.0 Å². The molecule has 0 aliphatic heterocycles. The summed E-state index contributed by atoms with van der Waals surface area (Å²) in [4.78, 5) is 29.6. The lowest BCUT2D eigenvalue weighted by Crippen LogP contribution is -2.06. The fraction of sp³-hybridized carbons (Fsp3) is 0.222. The van der Waals surface area contributed by atoms with Gasteiger partial charge in [0, 0.05) is 21.4 Å². The molecule has 0 radical (unpaired) electrons. The molecule has 0 heterocycles. The van der Waals surface area contributed by atoms with Crippen LogP contribution >= 0.6 is 44.6 Å². The highest BCUT2D eigenvalue weighted by Gasteiger charge is 1.97. The zero-order valence-corrected chi connectivity index (χ0v) is 25.5. The molecule has 0 aliphatic carbocycles. The molecular weight excluding hydrogens is 642 g/mol. The van der Waals surface area contributed by atoms with Crippen LogP contribution in [-0.2, 0) is 52.9 Å². The fourth-order valence-electron chi connectivity index (χ4n) is 2.24. The number of alkyl halides is 1. The Morgan fingerprint density at radius 3 is 1.22 bits per heavy atom. The molecule has 3 aromatic rings. The van der Waals surface area contributed by atoms with Crippen molar-refractivity contribution in [1.82, 2.24) is 0 Å². The van der Waals surface area contributed by atoms with Crippen LogP contribution in [-0.4, -0.2) is 55.8 Å². The number of aliphatic hydroxyl groups is 1. The first kappa shape index (κ1) is 40.6. The minimum atomic E-state index is -1.67. The van der Waals surface area contributed by atoms with Gasteiger partial charge in [-0.25, -0.2) is 9.00 Å². The number of benzene rings is 3. The molecule has 0 fully saturated rings. The van der Waals surface area contributed by atoms with Crippen molar-refractivity contribution in [3.05, 3.63) is 108 Å². The van der Waals surface area contributed by atoms with E-state index >= 15 is 0 Å². The number of hydrogen-bond donors (Lipinski definition) is 3. The summed E-state index contributed by atoms with van der Waals surface area (Å²) in [6.07, 6.45) is 0.